The quantitative estimate of drug-likeness (QED) is 0.827. The normalized spacial score (nSPS) is 16.1. The van der Waals surface area contributed by atoms with E-state index in [0.29, 0.717) is 12.1 Å². The van der Waals surface area contributed by atoms with Crippen molar-refractivity contribution >= 4 is 5.97 Å². The Kier molecular flexibility index (Phi) is 3.35. The summed E-state index contributed by atoms with van der Waals surface area (Å²) in [4.78, 5) is 10.7. The highest BCUT2D eigenvalue weighted by Crippen LogP contribution is 2.48. The number of benzene rings is 1. The number of hydrogen-bond acceptors (Lipinski definition) is 2. The number of halogens is 5. The van der Waals surface area contributed by atoms with Crippen LogP contribution >= 0.6 is 0 Å². The summed E-state index contributed by atoms with van der Waals surface area (Å²) in [6.45, 7) is 0. The van der Waals surface area contributed by atoms with Crippen LogP contribution in [0.1, 0.15) is 5.56 Å². The lowest BCUT2D eigenvalue weighted by molar-refractivity contribution is -0.340. The van der Waals surface area contributed by atoms with E-state index in [0.717, 1.165) is 12.1 Å². The SMILES string of the molecule is O=C(O)[C@](O)(c1ccccc1)C(F)(F)C(F)(F)F. The molecule has 0 fully saturated rings. The summed E-state index contributed by atoms with van der Waals surface area (Å²) in [5.74, 6) is -8.51. The fraction of sp³-hybridized carbons (Fsp3) is 0.300. The number of carboxylic acids is 1. The van der Waals surface area contributed by atoms with Gasteiger partial charge < -0.3 is 10.2 Å². The predicted molar refractivity (Wildman–Crippen MR) is 49.0 cm³/mol. The highest BCUT2D eigenvalue weighted by molar-refractivity contribution is 5.80. The van der Waals surface area contributed by atoms with Gasteiger partial charge >= 0.3 is 18.1 Å². The van der Waals surface area contributed by atoms with Gasteiger partial charge in [0.25, 0.3) is 5.60 Å². The zero-order valence-electron chi connectivity index (χ0n) is 8.58. The molecule has 0 aliphatic rings. The van der Waals surface area contributed by atoms with E-state index < -0.39 is 29.2 Å². The van der Waals surface area contributed by atoms with Gasteiger partial charge in [0, 0.05) is 5.56 Å². The number of carboxylic acid groups (broad SMARTS) is 1. The summed E-state index contributed by atoms with van der Waals surface area (Å²) < 4.78 is 62.9. The first-order chi connectivity index (χ1) is 8.05. The number of alkyl halides is 5. The van der Waals surface area contributed by atoms with E-state index in [2.05, 4.69) is 0 Å². The highest BCUT2D eigenvalue weighted by Gasteiger charge is 2.74. The minimum absolute atomic E-state index is 0.674. The predicted octanol–water partition coefficient (Wildman–Crippen LogP) is 2.16. The summed E-state index contributed by atoms with van der Waals surface area (Å²) >= 11 is 0. The van der Waals surface area contributed by atoms with Crippen molar-refractivity contribution in [3.8, 4) is 0 Å². The van der Waals surface area contributed by atoms with E-state index >= 15 is 0 Å². The molecule has 0 radical (unpaired) electrons. The second-order valence-electron chi connectivity index (χ2n) is 3.45. The van der Waals surface area contributed by atoms with Crippen molar-refractivity contribution in [3.05, 3.63) is 35.9 Å². The molecular weight excluding hydrogens is 263 g/mol. The van der Waals surface area contributed by atoms with Crippen molar-refractivity contribution in [2.75, 3.05) is 0 Å². The molecule has 0 saturated carbocycles. The monoisotopic (exact) mass is 270 g/mol. The van der Waals surface area contributed by atoms with E-state index in [9.17, 15) is 31.9 Å². The van der Waals surface area contributed by atoms with Gasteiger partial charge in [-0.3, -0.25) is 0 Å². The van der Waals surface area contributed by atoms with Crippen LogP contribution in [0.5, 0.6) is 0 Å². The maximum absolute atomic E-state index is 13.2. The molecule has 18 heavy (non-hydrogen) atoms. The van der Waals surface area contributed by atoms with Gasteiger partial charge in [0.15, 0.2) is 0 Å². The molecule has 0 aliphatic heterocycles. The van der Waals surface area contributed by atoms with Crippen molar-refractivity contribution in [2.45, 2.75) is 17.7 Å². The van der Waals surface area contributed by atoms with Gasteiger partial charge in [-0.25, -0.2) is 4.79 Å². The summed E-state index contributed by atoms with van der Waals surface area (Å²) in [5, 5.41) is 17.9. The van der Waals surface area contributed by atoms with Gasteiger partial charge in [-0.2, -0.15) is 22.0 Å². The second-order valence-corrected chi connectivity index (χ2v) is 3.45. The second kappa shape index (κ2) is 4.20. The topological polar surface area (TPSA) is 57.5 Å². The Morgan fingerprint density at radius 1 is 1.00 bits per heavy atom. The third-order valence-electron chi connectivity index (χ3n) is 2.31. The fourth-order valence-electron chi connectivity index (χ4n) is 1.32. The Labute approximate surface area is 97.5 Å². The van der Waals surface area contributed by atoms with Crippen molar-refractivity contribution in [1.29, 1.82) is 0 Å². The van der Waals surface area contributed by atoms with E-state index in [1.54, 1.807) is 0 Å². The van der Waals surface area contributed by atoms with Crippen LogP contribution in [0.25, 0.3) is 0 Å². The molecule has 2 N–H and O–H groups in total. The summed E-state index contributed by atoms with van der Waals surface area (Å²) in [6.07, 6.45) is -6.20. The molecule has 1 rings (SSSR count). The molecule has 0 spiro atoms. The molecule has 0 bridgehead atoms. The Morgan fingerprint density at radius 2 is 1.44 bits per heavy atom. The molecule has 3 nitrogen and oxygen atoms in total. The standard InChI is InChI=1S/C10H7F5O3/c11-9(12,10(13,14)15)8(18,7(16)17)6-4-2-1-3-5-6/h1-5,18H,(H,16,17)/t8-/m1/s1. The number of aliphatic carboxylic acids is 1. The molecule has 0 heterocycles. The molecule has 0 saturated heterocycles. The first-order valence-electron chi connectivity index (χ1n) is 4.51. The smallest absolute Gasteiger partial charge is 0.457 e. The van der Waals surface area contributed by atoms with Crippen LogP contribution < -0.4 is 0 Å². The maximum Gasteiger partial charge on any atom is 0.457 e. The van der Waals surface area contributed by atoms with Gasteiger partial charge in [-0.1, -0.05) is 30.3 Å². The van der Waals surface area contributed by atoms with E-state index in [-0.39, 0.29) is 0 Å². The number of rotatable bonds is 3. The molecule has 1 aromatic rings. The molecule has 0 amide bonds. The molecule has 0 aliphatic carbocycles. The number of aliphatic hydroxyl groups is 1. The number of hydrogen-bond donors (Lipinski definition) is 2. The van der Waals surface area contributed by atoms with E-state index in [1.807, 2.05) is 0 Å². The largest absolute Gasteiger partial charge is 0.479 e. The third kappa shape index (κ3) is 1.92. The summed E-state index contributed by atoms with van der Waals surface area (Å²) in [7, 11) is 0. The van der Waals surface area contributed by atoms with E-state index in [1.165, 1.54) is 6.07 Å². The summed E-state index contributed by atoms with van der Waals surface area (Å²) in [6, 6.07) is 4.70. The Bertz CT molecular complexity index is 443. The van der Waals surface area contributed by atoms with Gasteiger partial charge in [-0.15, -0.1) is 0 Å². The molecule has 8 heteroatoms. The van der Waals surface area contributed by atoms with Crippen LogP contribution in [0.4, 0.5) is 22.0 Å². The third-order valence-corrected chi connectivity index (χ3v) is 2.31. The number of carbonyl (C=O) groups is 1. The van der Waals surface area contributed by atoms with Crippen molar-refractivity contribution in [2.24, 2.45) is 0 Å². The average molecular weight is 270 g/mol. The first kappa shape index (κ1) is 14.4. The van der Waals surface area contributed by atoms with Crippen LogP contribution in [-0.2, 0) is 10.4 Å². The Hall–Kier alpha value is -1.70. The van der Waals surface area contributed by atoms with Crippen LogP contribution in [-0.4, -0.2) is 28.3 Å². The highest BCUT2D eigenvalue weighted by atomic mass is 19.4. The fourth-order valence-corrected chi connectivity index (χ4v) is 1.32. The van der Waals surface area contributed by atoms with Gasteiger partial charge in [-0.05, 0) is 0 Å². The average Bonchev–Trinajstić information content (AvgIpc) is 2.27. The molecular formula is C10H7F5O3. The zero-order valence-corrected chi connectivity index (χ0v) is 8.58. The van der Waals surface area contributed by atoms with Crippen molar-refractivity contribution in [1.82, 2.24) is 0 Å². The van der Waals surface area contributed by atoms with E-state index in [4.69, 9.17) is 5.11 Å². The van der Waals surface area contributed by atoms with Crippen LogP contribution in [0, 0.1) is 0 Å². The molecule has 1 aromatic carbocycles. The summed E-state index contributed by atoms with van der Waals surface area (Å²) in [5.41, 5.74) is -5.42. The first-order valence-corrected chi connectivity index (χ1v) is 4.51. The van der Waals surface area contributed by atoms with Crippen molar-refractivity contribution in [3.63, 3.8) is 0 Å². The zero-order chi connectivity index (χ0) is 14.2. The molecule has 0 unspecified atom stereocenters. The molecule has 0 aromatic heterocycles. The minimum Gasteiger partial charge on any atom is -0.479 e. The van der Waals surface area contributed by atoms with Gasteiger partial charge in [0.05, 0.1) is 0 Å². The molecule has 100 valence electrons. The lowest BCUT2D eigenvalue weighted by atomic mass is 9.87. The van der Waals surface area contributed by atoms with Gasteiger partial charge in [0.1, 0.15) is 0 Å². The Balaban J connectivity index is 3.48. The van der Waals surface area contributed by atoms with Crippen molar-refractivity contribution < 1.29 is 37.0 Å². The lowest BCUT2D eigenvalue weighted by Gasteiger charge is -2.33. The Morgan fingerprint density at radius 3 is 1.78 bits per heavy atom. The minimum atomic E-state index is -6.20. The van der Waals surface area contributed by atoms with Crippen LogP contribution in [0.15, 0.2) is 30.3 Å². The van der Waals surface area contributed by atoms with Gasteiger partial charge in [0.2, 0.25) is 0 Å². The van der Waals surface area contributed by atoms with Crippen LogP contribution in [0.2, 0.25) is 0 Å². The molecule has 1 atom stereocenters. The maximum atomic E-state index is 13.2. The van der Waals surface area contributed by atoms with Crippen LogP contribution in [0.3, 0.4) is 0 Å². The lowest BCUT2D eigenvalue weighted by Crippen LogP contribution is -2.59.